The zero-order valence-corrected chi connectivity index (χ0v) is 18.3. The lowest BCUT2D eigenvalue weighted by molar-refractivity contribution is -0.144. The van der Waals surface area contributed by atoms with Crippen LogP contribution in [0, 0.1) is 6.92 Å². The van der Waals surface area contributed by atoms with E-state index in [2.05, 4.69) is 0 Å². The highest BCUT2D eigenvalue weighted by molar-refractivity contribution is 5.85. The summed E-state index contributed by atoms with van der Waals surface area (Å²) in [5.74, 6) is -0.0961. The molecule has 0 heterocycles. The molecule has 0 spiro atoms. The van der Waals surface area contributed by atoms with Gasteiger partial charge in [-0.3, -0.25) is 4.79 Å². The van der Waals surface area contributed by atoms with Gasteiger partial charge in [0.15, 0.2) is 17.6 Å². The molecule has 1 atom stereocenters. The molecule has 31 heavy (non-hydrogen) atoms. The fourth-order valence-corrected chi connectivity index (χ4v) is 3.34. The first kappa shape index (κ1) is 23.6. The molecule has 0 aliphatic heterocycles. The third kappa shape index (κ3) is 5.09. The number of hydrogen-bond acceptors (Lipinski definition) is 7. The Bertz CT molecular complexity index is 976. The Morgan fingerprint density at radius 2 is 1.39 bits per heavy atom. The predicted molar refractivity (Wildman–Crippen MR) is 114 cm³/mol. The van der Waals surface area contributed by atoms with Gasteiger partial charge in [0.2, 0.25) is 11.5 Å². The molecular formula is C23H26O8. The standard InChI is InChI=1S/C23H26O8/c1-13-18(21(28-4)23(30-6)22(29-5)19(13)27-3)20(31-14(2)24)16-10-7-15(8-11-16)9-12-17(25)26/h7-12,20H,1-6H3,(H,25,26). The van der Waals surface area contributed by atoms with Crippen LogP contribution in [-0.4, -0.2) is 45.5 Å². The molecule has 0 fully saturated rings. The van der Waals surface area contributed by atoms with Crippen molar-refractivity contribution in [1.82, 2.24) is 0 Å². The summed E-state index contributed by atoms with van der Waals surface area (Å²) in [4.78, 5) is 22.7. The number of carboxylic acids is 1. The zero-order valence-electron chi connectivity index (χ0n) is 18.3. The van der Waals surface area contributed by atoms with Crippen LogP contribution in [0.15, 0.2) is 30.3 Å². The van der Waals surface area contributed by atoms with Crippen LogP contribution >= 0.6 is 0 Å². The van der Waals surface area contributed by atoms with Crippen molar-refractivity contribution in [2.24, 2.45) is 0 Å². The van der Waals surface area contributed by atoms with Gasteiger partial charge in [-0.1, -0.05) is 24.3 Å². The molecule has 8 heteroatoms. The topological polar surface area (TPSA) is 101 Å². The van der Waals surface area contributed by atoms with Crippen molar-refractivity contribution in [3.05, 3.63) is 52.6 Å². The largest absolute Gasteiger partial charge is 0.492 e. The summed E-state index contributed by atoms with van der Waals surface area (Å²) in [6.07, 6.45) is 1.68. The van der Waals surface area contributed by atoms with Crippen molar-refractivity contribution in [3.63, 3.8) is 0 Å². The summed E-state index contributed by atoms with van der Waals surface area (Å²) >= 11 is 0. The van der Waals surface area contributed by atoms with E-state index >= 15 is 0 Å². The third-order valence-electron chi connectivity index (χ3n) is 4.63. The number of aliphatic carboxylic acids is 1. The summed E-state index contributed by atoms with van der Waals surface area (Å²) < 4.78 is 27.9. The van der Waals surface area contributed by atoms with Crippen LogP contribution in [0.2, 0.25) is 0 Å². The second kappa shape index (κ2) is 10.4. The number of carboxylic acid groups (broad SMARTS) is 1. The first-order valence-corrected chi connectivity index (χ1v) is 9.33. The zero-order chi connectivity index (χ0) is 23.1. The highest BCUT2D eigenvalue weighted by atomic mass is 16.6. The monoisotopic (exact) mass is 430 g/mol. The number of carbonyl (C=O) groups is 2. The smallest absolute Gasteiger partial charge is 0.328 e. The van der Waals surface area contributed by atoms with Gasteiger partial charge in [-0.2, -0.15) is 0 Å². The Hall–Kier alpha value is -3.68. The van der Waals surface area contributed by atoms with Gasteiger partial charge in [-0.15, -0.1) is 0 Å². The van der Waals surface area contributed by atoms with E-state index in [-0.39, 0.29) is 0 Å². The molecule has 0 bridgehead atoms. The van der Waals surface area contributed by atoms with Crippen molar-refractivity contribution in [1.29, 1.82) is 0 Å². The molecule has 1 N–H and O–H groups in total. The summed E-state index contributed by atoms with van der Waals surface area (Å²) in [7, 11) is 5.96. The van der Waals surface area contributed by atoms with E-state index in [9.17, 15) is 9.59 Å². The van der Waals surface area contributed by atoms with Crippen molar-refractivity contribution < 1.29 is 38.4 Å². The second-order valence-electron chi connectivity index (χ2n) is 6.50. The maximum Gasteiger partial charge on any atom is 0.328 e. The Morgan fingerprint density at radius 3 is 1.84 bits per heavy atom. The van der Waals surface area contributed by atoms with Gasteiger partial charge in [-0.25, -0.2) is 4.79 Å². The van der Waals surface area contributed by atoms with Crippen molar-refractivity contribution in [3.8, 4) is 23.0 Å². The average molecular weight is 430 g/mol. The van der Waals surface area contributed by atoms with E-state index < -0.39 is 18.0 Å². The Balaban J connectivity index is 2.74. The van der Waals surface area contributed by atoms with Gasteiger partial charge in [0, 0.05) is 24.1 Å². The molecule has 0 saturated carbocycles. The highest BCUT2D eigenvalue weighted by Crippen LogP contribution is 2.52. The molecule has 0 saturated heterocycles. The van der Waals surface area contributed by atoms with E-state index in [1.54, 1.807) is 31.2 Å². The number of benzene rings is 2. The molecule has 8 nitrogen and oxygen atoms in total. The van der Waals surface area contributed by atoms with Gasteiger partial charge in [0.25, 0.3) is 0 Å². The van der Waals surface area contributed by atoms with E-state index in [1.807, 2.05) is 0 Å². The molecule has 2 rings (SSSR count). The summed E-state index contributed by atoms with van der Waals surface area (Å²) in [6, 6.07) is 6.95. The molecule has 0 aromatic heterocycles. The lowest BCUT2D eigenvalue weighted by Gasteiger charge is -2.26. The van der Waals surface area contributed by atoms with Crippen LogP contribution in [0.25, 0.3) is 6.08 Å². The van der Waals surface area contributed by atoms with E-state index in [4.69, 9.17) is 28.8 Å². The lowest BCUT2D eigenvalue weighted by Crippen LogP contribution is -2.14. The Labute approximate surface area is 180 Å². The summed E-state index contributed by atoms with van der Waals surface area (Å²) in [6.45, 7) is 3.12. The molecule has 166 valence electrons. The molecule has 0 amide bonds. The van der Waals surface area contributed by atoms with E-state index in [0.29, 0.717) is 45.3 Å². The predicted octanol–water partition coefficient (Wildman–Crippen LogP) is 3.78. The maximum atomic E-state index is 12.0. The van der Waals surface area contributed by atoms with Crippen molar-refractivity contribution >= 4 is 18.0 Å². The van der Waals surface area contributed by atoms with Crippen LogP contribution < -0.4 is 18.9 Å². The molecule has 0 aliphatic rings. The molecule has 2 aromatic rings. The minimum atomic E-state index is -1.04. The SMILES string of the molecule is COc1c(C)c(C(OC(C)=O)c2ccc(C=CC(=O)O)cc2)c(OC)c(OC)c1OC. The Morgan fingerprint density at radius 1 is 0.871 bits per heavy atom. The molecule has 0 radical (unpaired) electrons. The third-order valence-corrected chi connectivity index (χ3v) is 4.63. The van der Waals surface area contributed by atoms with Gasteiger partial charge < -0.3 is 28.8 Å². The molecule has 1 unspecified atom stereocenters. The molecule has 0 aliphatic carbocycles. The van der Waals surface area contributed by atoms with Crippen LogP contribution in [-0.2, 0) is 14.3 Å². The van der Waals surface area contributed by atoms with Crippen LogP contribution in [0.4, 0.5) is 0 Å². The minimum absolute atomic E-state index is 0.306. The highest BCUT2D eigenvalue weighted by Gasteiger charge is 2.32. The Kier molecular flexibility index (Phi) is 7.90. The summed E-state index contributed by atoms with van der Waals surface area (Å²) in [5.41, 5.74) is 2.53. The van der Waals surface area contributed by atoms with Crippen LogP contribution in [0.1, 0.15) is 35.3 Å². The average Bonchev–Trinajstić information content (AvgIpc) is 2.75. The number of esters is 1. The second-order valence-corrected chi connectivity index (χ2v) is 6.50. The normalized spacial score (nSPS) is 11.7. The van der Waals surface area contributed by atoms with Gasteiger partial charge in [0.05, 0.1) is 28.4 Å². The first-order chi connectivity index (χ1) is 14.8. The van der Waals surface area contributed by atoms with Gasteiger partial charge in [-0.05, 0) is 24.1 Å². The number of methoxy groups -OCH3 is 4. The van der Waals surface area contributed by atoms with Crippen molar-refractivity contribution in [2.75, 3.05) is 28.4 Å². The number of hydrogen-bond donors (Lipinski definition) is 1. The van der Waals surface area contributed by atoms with Gasteiger partial charge in [0.1, 0.15) is 0 Å². The molecular weight excluding hydrogens is 404 g/mol. The van der Waals surface area contributed by atoms with E-state index in [1.165, 1.54) is 41.4 Å². The molecule has 2 aromatic carbocycles. The lowest BCUT2D eigenvalue weighted by atomic mass is 9.93. The number of rotatable bonds is 9. The minimum Gasteiger partial charge on any atom is -0.492 e. The first-order valence-electron chi connectivity index (χ1n) is 9.33. The van der Waals surface area contributed by atoms with Gasteiger partial charge >= 0.3 is 11.9 Å². The summed E-state index contributed by atoms with van der Waals surface area (Å²) in [5, 5.41) is 8.80. The number of carbonyl (C=O) groups excluding carboxylic acids is 1. The van der Waals surface area contributed by atoms with Crippen LogP contribution in [0.3, 0.4) is 0 Å². The number of ether oxygens (including phenoxy) is 5. The maximum absolute atomic E-state index is 12.0. The fourth-order valence-electron chi connectivity index (χ4n) is 3.34. The van der Waals surface area contributed by atoms with Crippen molar-refractivity contribution in [2.45, 2.75) is 20.0 Å². The van der Waals surface area contributed by atoms with Crippen LogP contribution in [0.5, 0.6) is 23.0 Å². The fraction of sp³-hybridized carbons (Fsp3) is 0.304. The quantitative estimate of drug-likeness (QED) is 0.474. The van der Waals surface area contributed by atoms with E-state index in [0.717, 1.165) is 6.08 Å².